The molecule has 1 rings (SSSR count). The lowest BCUT2D eigenvalue weighted by molar-refractivity contribution is -0.302. The van der Waals surface area contributed by atoms with Crippen LogP contribution in [0.2, 0.25) is 0 Å². The molecule has 7 unspecified atom stereocenters. The van der Waals surface area contributed by atoms with Gasteiger partial charge in [0, 0.05) is 12.8 Å². The van der Waals surface area contributed by atoms with Gasteiger partial charge in [0.15, 0.2) is 6.29 Å². The first-order valence-electron chi connectivity index (χ1n) is 31.1. The van der Waals surface area contributed by atoms with Crippen molar-refractivity contribution in [1.29, 1.82) is 0 Å². The number of amides is 1. The lowest BCUT2D eigenvalue weighted by Gasteiger charge is -2.40. The fourth-order valence-electron chi connectivity index (χ4n) is 9.31. The minimum Gasteiger partial charge on any atom is -0.466 e. The van der Waals surface area contributed by atoms with E-state index in [4.69, 9.17) is 14.2 Å². The fourth-order valence-corrected chi connectivity index (χ4v) is 9.31. The smallest absolute Gasteiger partial charge is 0.305 e. The molecule has 0 bridgehead atoms. The van der Waals surface area contributed by atoms with E-state index in [0.29, 0.717) is 19.4 Å². The first kappa shape index (κ1) is 70.4. The van der Waals surface area contributed by atoms with Crippen LogP contribution in [0.1, 0.15) is 271 Å². The Hall–Kier alpha value is -2.64. The summed E-state index contributed by atoms with van der Waals surface area (Å²) in [7, 11) is 0. The quantitative estimate of drug-likeness (QED) is 0.0195. The van der Waals surface area contributed by atoms with Crippen LogP contribution in [0.15, 0.2) is 60.8 Å². The molecule has 0 aromatic carbocycles. The highest BCUT2D eigenvalue weighted by Crippen LogP contribution is 2.23. The number of hydrogen-bond donors (Lipinski definition) is 6. The van der Waals surface area contributed by atoms with Crippen molar-refractivity contribution in [1.82, 2.24) is 5.32 Å². The molecule has 0 saturated carbocycles. The molecule has 11 nitrogen and oxygen atoms in total. The Morgan fingerprint density at radius 1 is 0.480 bits per heavy atom. The molecule has 7 atom stereocenters. The predicted molar refractivity (Wildman–Crippen MR) is 310 cm³/mol. The maximum absolute atomic E-state index is 13.0. The molecule has 0 aromatic heterocycles. The Balaban J connectivity index is 2.05. The van der Waals surface area contributed by atoms with Crippen molar-refractivity contribution in [3.63, 3.8) is 0 Å². The van der Waals surface area contributed by atoms with Crippen molar-refractivity contribution in [2.75, 3.05) is 19.8 Å². The summed E-state index contributed by atoms with van der Waals surface area (Å²) >= 11 is 0. The van der Waals surface area contributed by atoms with Crippen LogP contribution >= 0.6 is 0 Å². The van der Waals surface area contributed by atoms with Crippen LogP contribution in [-0.4, -0.2) is 100 Å². The van der Waals surface area contributed by atoms with Crippen LogP contribution < -0.4 is 5.32 Å². The number of allylic oxidation sites excluding steroid dienone is 9. The molecule has 0 aliphatic carbocycles. The number of carbonyl (C=O) groups is 2. The summed E-state index contributed by atoms with van der Waals surface area (Å²) in [6, 6.07) is -0.838. The third kappa shape index (κ3) is 43.0. The molecular weight excluding hydrogens is 943 g/mol. The molecule has 436 valence electrons. The standard InChI is InChI=1S/C64H115NO10/c1-3-5-7-9-11-13-15-31-34-38-42-46-50-57(67)56(55-74-64-63(72)62(71)61(70)58(54-66)75-64)65-59(68)51-47-43-39-35-32-28-26-24-22-20-18-16-17-19-21-23-25-27-29-33-37-41-45-49-53-73-60(69)52-48-44-40-36-30-14-12-10-8-6-4-2/h9-12,18,20,31,34,46,50,56-58,61-64,66-67,70-72H,3-8,13-17,19,21-30,32-33,35-45,47-49,51-55H2,1-2H3,(H,65,68)/b11-9+,12-10-,20-18-,34-31+,50-46+. The Labute approximate surface area is 458 Å². The Morgan fingerprint density at radius 2 is 0.867 bits per heavy atom. The van der Waals surface area contributed by atoms with Gasteiger partial charge >= 0.3 is 5.97 Å². The summed E-state index contributed by atoms with van der Waals surface area (Å²) in [5, 5.41) is 54.3. The third-order valence-electron chi connectivity index (χ3n) is 14.3. The van der Waals surface area contributed by atoms with Gasteiger partial charge < -0.3 is 45.1 Å². The molecule has 1 saturated heterocycles. The zero-order chi connectivity index (χ0) is 54.5. The Morgan fingerprint density at radius 3 is 1.32 bits per heavy atom. The van der Waals surface area contributed by atoms with E-state index in [1.165, 1.54) is 161 Å². The number of ether oxygens (including phenoxy) is 3. The van der Waals surface area contributed by atoms with Crippen LogP contribution in [0.5, 0.6) is 0 Å². The second-order valence-corrected chi connectivity index (χ2v) is 21.4. The van der Waals surface area contributed by atoms with Gasteiger partial charge in [0.25, 0.3) is 0 Å². The summed E-state index contributed by atoms with van der Waals surface area (Å²) in [5.74, 6) is -0.214. The van der Waals surface area contributed by atoms with Crippen LogP contribution in [0.25, 0.3) is 0 Å². The number of aliphatic hydroxyl groups is 5. The minimum atomic E-state index is -1.58. The maximum atomic E-state index is 13.0. The van der Waals surface area contributed by atoms with Gasteiger partial charge in [-0.15, -0.1) is 0 Å². The summed E-state index contributed by atoms with van der Waals surface area (Å²) in [6.07, 6.45) is 59.0. The number of hydrogen-bond acceptors (Lipinski definition) is 10. The van der Waals surface area contributed by atoms with Gasteiger partial charge in [-0.1, -0.05) is 222 Å². The van der Waals surface area contributed by atoms with Crippen molar-refractivity contribution in [3.8, 4) is 0 Å². The lowest BCUT2D eigenvalue weighted by Crippen LogP contribution is -2.60. The third-order valence-corrected chi connectivity index (χ3v) is 14.3. The number of carbonyl (C=O) groups excluding carboxylic acids is 2. The van der Waals surface area contributed by atoms with E-state index in [1.54, 1.807) is 6.08 Å². The molecule has 0 aromatic rings. The Kier molecular flexibility index (Phi) is 50.1. The van der Waals surface area contributed by atoms with E-state index in [9.17, 15) is 35.1 Å². The van der Waals surface area contributed by atoms with Gasteiger partial charge in [-0.25, -0.2) is 0 Å². The molecule has 6 N–H and O–H groups in total. The normalized spacial score (nSPS) is 19.2. The maximum Gasteiger partial charge on any atom is 0.305 e. The van der Waals surface area contributed by atoms with E-state index in [-0.39, 0.29) is 18.5 Å². The van der Waals surface area contributed by atoms with Gasteiger partial charge in [-0.05, 0) is 96.3 Å². The van der Waals surface area contributed by atoms with Crippen molar-refractivity contribution in [2.24, 2.45) is 0 Å². The topological polar surface area (TPSA) is 175 Å². The molecule has 1 fully saturated rings. The second kappa shape index (κ2) is 53.4. The van der Waals surface area contributed by atoms with E-state index in [2.05, 4.69) is 67.8 Å². The van der Waals surface area contributed by atoms with Crippen molar-refractivity contribution < 1.29 is 49.3 Å². The first-order valence-corrected chi connectivity index (χ1v) is 31.1. The van der Waals surface area contributed by atoms with Gasteiger partial charge in [0.1, 0.15) is 24.4 Å². The SMILES string of the molecule is CCCC/C=C\CCCCCCCC(=O)OCCCCCCCCCCCCCC/C=C\CCCCCCCCCCC(=O)NC(COC1OC(CO)C(O)C(O)C1O)C(O)/C=C/CC/C=C/CC/C=C/CCCC. The van der Waals surface area contributed by atoms with E-state index in [0.717, 1.165) is 83.5 Å². The van der Waals surface area contributed by atoms with E-state index >= 15 is 0 Å². The second-order valence-electron chi connectivity index (χ2n) is 21.4. The number of nitrogens with one attached hydrogen (secondary N) is 1. The lowest BCUT2D eigenvalue weighted by atomic mass is 9.99. The zero-order valence-electron chi connectivity index (χ0n) is 48.0. The van der Waals surface area contributed by atoms with Crippen LogP contribution in [0, 0.1) is 0 Å². The summed E-state index contributed by atoms with van der Waals surface area (Å²) in [5.41, 5.74) is 0. The number of esters is 1. The fraction of sp³-hybridized carbons (Fsp3) is 0.812. The van der Waals surface area contributed by atoms with Gasteiger partial charge in [-0.2, -0.15) is 0 Å². The number of aliphatic hydroxyl groups excluding tert-OH is 5. The average molecular weight is 1060 g/mol. The van der Waals surface area contributed by atoms with Crippen molar-refractivity contribution >= 4 is 11.9 Å². The van der Waals surface area contributed by atoms with Crippen molar-refractivity contribution in [2.45, 2.75) is 314 Å². The van der Waals surface area contributed by atoms with Crippen LogP contribution in [0.4, 0.5) is 0 Å². The first-order chi connectivity index (χ1) is 36.7. The highest BCUT2D eigenvalue weighted by molar-refractivity contribution is 5.76. The van der Waals surface area contributed by atoms with Crippen LogP contribution in [0.3, 0.4) is 0 Å². The van der Waals surface area contributed by atoms with Gasteiger partial charge in [0.2, 0.25) is 5.91 Å². The molecule has 75 heavy (non-hydrogen) atoms. The zero-order valence-corrected chi connectivity index (χ0v) is 48.0. The number of unbranched alkanes of at least 4 members (excludes halogenated alkanes) is 31. The average Bonchev–Trinajstić information content (AvgIpc) is 3.41. The highest BCUT2D eigenvalue weighted by atomic mass is 16.7. The molecule has 1 aliphatic rings. The molecule has 11 heteroatoms. The molecular formula is C64H115NO10. The number of rotatable bonds is 53. The predicted octanol–water partition coefficient (Wildman–Crippen LogP) is 14.6. The molecule has 1 amide bonds. The Bertz CT molecular complexity index is 1430. The molecule has 0 radical (unpaired) electrons. The molecule has 0 spiro atoms. The van der Waals surface area contributed by atoms with E-state index in [1.807, 2.05) is 6.08 Å². The summed E-state index contributed by atoms with van der Waals surface area (Å²) in [6.45, 7) is 4.23. The highest BCUT2D eigenvalue weighted by Gasteiger charge is 2.44. The van der Waals surface area contributed by atoms with Gasteiger partial charge in [0.05, 0.1) is 32.0 Å². The molecule has 1 aliphatic heterocycles. The summed E-state index contributed by atoms with van der Waals surface area (Å²) in [4.78, 5) is 25.0. The van der Waals surface area contributed by atoms with E-state index < -0.39 is 49.5 Å². The van der Waals surface area contributed by atoms with Crippen molar-refractivity contribution in [3.05, 3.63) is 60.8 Å². The largest absolute Gasteiger partial charge is 0.466 e. The van der Waals surface area contributed by atoms with Gasteiger partial charge in [-0.3, -0.25) is 9.59 Å². The minimum absolute atomic E-state index is 0.0111. The van der Waals surface area contributed by atoms with Crippen LogP contribution in [-0.2, 0) is 23.8 Å². The monoisotopic (exact) mass is 1060 g/mol. The molecule has 1 heterocycles. The summed E-state index contributed by atoms with van der Waals surface area (Å²) < 4.78 is 16.7.